The first-order valence-electron chi connectivity index (χ1n) is 7.00. The van der Waals surface area contributed by atoms with E-state index in [4.69, 9.17) is 9.47 Å². The third-order valence-corrected chi connectivity index (χ3v) is 4.21. The van der Waals surface area contributed by atoms with Crippen molar-refractivity contribution in [2.75, 3.05) is 13.7 Å². The van der Waals surface area contributed by atoms with Gasteiger partial charge in [0.15, 0.2) is 0 Å². The van der Waals surface area contributed by atoms with Gasteiger partial charge in [-0.2, -0.15) is 0 Å². The number of hydrogen-bond donors (Lipinski definition) is 0. The number of methoxy groups -OCH3 is 1. The number of nitrogens with zero attached hydrogens (tertiary/aromatic N) is 3. The second kappa shape index (κ2) is 4.31. The summed E-state index contributed by atoms with van der Waals surface area (Å²) in [5.41, 5.74) is 3.42. The van der Waals surface area contributed by atoms with Crippen LogP contribution in [-0.4, -0.2) is 28.7 Å². The topological polar surface area (TPSA) is 52.5 Å². The van der Waals surface area contributed by atoms with Crippen LogP contribution >= 0.6 is 0 Å². The van der Waals surface area contributed by atoms with Gasteiger partial charge in [-0.05, 0) is 37.0 Å². The van der Waals surface area contributed by atoms with Gasteiger partial charge in [-0.15, -0.1) is 5.10 Å². The molecule has 4 rings (SSSR count). The molecule has 20 heavy (non-hydrogen) atoms. The highest BCUT2D eigenvalue weighted by Gasteiger charge is 2.52. The van der Waals surface area contributed by atoms with E-state index in [0.29, 0.717) is 0 Å². The minimum atomic E-state index is -0.0798. The first-order chi connectivity index (χ1) is 9.81. The summed E-state index contributed by atoms with van der Waals surface area (Å²) < 4.78 is 12.9. The number of ether oxygens (including phenoxy) is 2. The first-order valence-corrected chi connectivity index (χ1v) is 7.00. The van der Waals surface area contributed by atoms with Crippen molar-refractivity contribution in [3.63, 3.8) is 0 Å². The molecule has 1 saturated heterocycles. The van der Waals surface area contributed by atoms with Crippen molar-refractivity contribution in [3.8, 4) is 5.75 Å². The van der Waals surface area contributed by atoms with Crippen molar-refractivity contribution in [2.45, 2.75) is 31.4 Å². The van der Waals surface area contributed by atoms with Crippen LogP contribution in [0.4, 0.5) is 0 Å². The Kier molecular flexibility index (Phi) is 2.57. The van der Waals surface area contributed by atoms with Crippen LogP contribution in [0.1, 0.15) is 29.8 Å². The normalized spacial score (nSPS) is 23.6. The molecular weight excluding hydrogens is 254 g/mol. The Morgan fingerprint density at radius 2 is 2.15 bits per heavy atom. The molecule has 1 aromatic heterocycles. The number of aromatic nitrogens is 3. The molecule has 2 heterocycles. The van der Waals surface area contributed by atoms with E-state index in [1.165, 1.54) is 11.3 Å². The van der Waals surface area contributed by atoms with E-state index < -0.39 is 0 Å². The Hall–Kier alpha value is -1.88. The zero-order chi connectivity index (χ0) is 13.6. The molecule has 1 atom stereocenters. The molecule has 5 nitrogen and oxygen atoms in total. The van der Waals surface area contributed by atoms with Gasteiger partial charge in [0.1, 0.15) is 11.4 Å². The number of rotatable bonds is 3. The summed E-state index contributed by atoms with van der Waals surface area (Å²) in [4.78, 5) is 0. The fourth-order valence-corrected chi connectivity index (χ4v) is 3.06. The zero-order valence-electron chi connectivity index (χ0n) is 11.5. The summed E-state index contributed by atoms with van der Waals surface area (Å²) in [6, 6.07) is 8.08. The molecule has 1 unspecified atom stereocenters. The minimum Gasteiger partial charge on any atom is -0.497 e. The van der Waals surface area contributed by atoms with E-state index in [0.717, 1.165) is 43.9 Å². The smallest absolute Gasteiger partial charge is 0.135 e. The monoisotopic (exact) mass is 271 g/mol. The number of benzene rings is 1. The second-order valence-corrected chi connectivity index (χ2v) is 5.53. The fraction of sp³-hybridized carbons (Fsp3) is 0.467. The molecule has 1 aliphatic heterocycles. The molecule has 104 valence electrons. The molecule has 0 bridgehead atoms. The lowest BCUT2D eigenvalue weighted by molar-refractivity contribution is 0.262. The van der Waals surface area contributed by atoms with Gasteiger partial charge in [-0.25, -0.2) is 4.68 Å². The highest BCUT2D eigenvalue weighted by Crippen LogP contribution is 2.47. The minimum absolute atomic E-state index is 0.0798. The van der Waals surface area contributed by atoms with Crippen molar-refractivity contribution < 1.29 is 9.47 Å². The van der Waals surface area contributed by atoms with Gasteiger partial charge in [-0.1, -0.05) is 17.3 Å². The van der Waals surface area contributed by atoms with Crippen LogP contribution in [0, 0.1) is 0 Å². The van der Waals surface area contributed by atoms with Gasteiger partial charge in [0.05, 0.1) is 31.6 Å². The molecule has 2 aliphatic rings. The number of epoxide rings is 1. The maximum absolute atomic E-state index is 5.72. The Morgan fingerprint density at radius 1 is 1.35 bits per heavy atom. The molecule has 0 radical (unpaired) electrons. The first kappa shape index (κ1) is 11.9. The van der Waals surface area contributed by atoms with E-state index in [-0.39, 0.29) is 5.60 Å². The lowest BCUT2D eigenvalue weighted by Crippen LogP contribution is -2.22. The Balaban J connectivity index is 1.64. The van der Waals surface area contributed by atoms with Gasteiger partial charge in [-0.3, -0.25) is 0 Å². The van der Waals surface area contributed by atoms with E-state index in [2.05, 4.69) is 22.4 Å². The van der Waals surface area contributed by atoms with E-state index in [1.807, 2.05) is 16.8 Å². The summed E-state index contributed by atoms with van der Waals surface area (Å²) >= 11 is 0. The van der Waals surface area contributed by atoms with Crippen LogP contribution in [-0.2, 0) is 23.3 Å². The van der Waals surface area contributed by atoms with Crippen LogP contribution in [0.5, 0.6) is 5.75 Å². The van der Waals surface area contributed by atoms with Crippen molar-refractivity contribution in [1.29, 1.82) is 0 Å². The maximum Gasteiger partial charge on any atom is 0.135 e. The Bertz CT molecular complexity index is 629. The second-order valence-electron chi connectivity index (χ2n) is 5.53. The van der Waals surface area contributed by atoms with Gasteiger partial charge in [0.2, 0.25) is 0 Å². The summed E-state index contributed by atoms with van der Waals surface area (Å²) in [5, 5.41) is 8.66. The number of hydrogen-bond acceptors (Lipinski definition) is 4. The highest BCUT2D eigenvalue weighted by molar-refractivity contribution is 5.30. The third-order valence-electron chi connectivity index (χ3n) is 4.21. The van der Waals surface area contributed by atoms with E-state index in [1.54, 1.807) is 7.11 Å². The van der Waals surface area contributed by atoms with Crippen molar-refractivity contribution >= 4 is 0 Å². The zero-order valence-corrected chi connectivity index (χ0v) is 11.5. The molecule has 5 heteroatoms. The fourth-order valence-electron chi connectivity index (χ4n) is 3.06. The van der Waals surface area contributed by atoms with Crippen LogP contribution in [0.15, 0.2) is 24.3 Å². The van der Waals surface area contributed by atoms with Crippen LogP contribution in [0.25, 0.3) is 0 Å². The predicted octanol–water partition coefficient (Wildman–Crippen LogP) is 1.90. The summed E-state index contributed by atoms with van der Waals surface area (Å²) in [6.07, 6.45) is 3.26. The SMILES string of the molecule is COc1ccc(Cn2nnc3c2C2(CCC3)CO2)cc1. The van der Waals surface area contributed by atoms with Crippen LogP contribution in [0.2, 0.25) is 0 Å². The van der Waals surface area contributed by atoms with Crippen LogP contribution in [0.3, 0.4) is 0 Å². The molecule has 2 aromatic rings. The highest BCUT2D eigenvalue weighted by atomic mass is 16.6. The van der Waals surface area contributed by atoms with Crippen molar-refractivity contribution in [2.24, 2.45) is 0 Å². The van der Waals surface area contributed by atoms with Crippen molar-refractivity contribution in [3.05, 3.63) is 41.2 Å². The maximum atomic E-state index is 5.72. The van der Waals surface area contributed by atoms with E-state index in [9.17, 15) is 0 Å². The average Bonchev–Trinajstić information content (AvgIpc) is 3.12. The van der Waals surface area contributed by atoms with Gasteiger partial charge < -0.3 is 9.47 Å². The Morgan fingerprint density at radius 3 is 2.85 bits per heavy atom. The molecule has 1 spiro atoms. The largest absolute Gasteiger partial charge is 0.497 e. The molecule has 0 saturated carbocycles. The van der Waals surface area contributed by atoms with Crippen molar-refractivity contribution in [1.82, 2.24) is 15.0 Å². The lowest BCUT2D eigenvalue weighted by Gasteiger charge is -2.19. The molecule has 0 amide bonds. The predicted molar refractivity (Wildman–Crippen MR) is 72.7 cm³/mol. The van der Waals surface area contributed by atoms with Gasteiger partial charge in [0, 0.05) is 0 Å². The molecular formula is C15H17N3O2. The summed E-state index contributed by atoms with van der Waals surface area (Å²) in [6.45, 7) is 1.55. The number of aryl methyl sites for hydroxylation is 1. The lowest BCUT2D eigenvalue weighted by atomic mass is 9.90. The number of fused-ring (bicyclic) bond motifs is 2. The third kappa shape index (κ3) is 1.81. The quantitative estimate of drug-likeness (QED) is 0.800. The Labute approximate surface area is 117 Å². The molecule has 1 aliphatic carbocycles. The summed E-state index contributed by atoms with van der Waals surface area (Å²) in [7, 11) is 1.68. The van der Waals surface area contributed by atoms with Gasteiger partial charge >= 0.3 is 0 Å². The molecule has 1 fully saturated rings. The standard InChI is InChI=1S/C15H17N3O2/c1-19-12-6-4-11(5-7-12)9-18-14-13(16-17-18)3-2-8-15(14)10-20-15/h4-7H,2-3,8-10H2,1H3. The summed E-state index contributed by atoms with van der Waals surface area (Å²) in [5.74, 6) is 0.872. The van der Waals surface area contributed by atoms with Gasteiger partial charge in [0.25, 0.3) is 0 Å². The molecule has 0 N–H and O–H groups in total. The van der Waals surface area contributed by atoms with E-state index >= 15 is 0 Å². The molecule has 1 aromatic carbocycles. The average molecular weight is 271 g/mol. The van der Waals surface area contributed by atoms with Crippen LogP contribution < -0.4 is 4.74 Å².